The standard InChI is InChI=1S/C25H18ClN3O7S/c1-35-19-12-15(26)10-14-11-18(36-24(14)19)22(30)20-21(13-6-8-28-9-7-13)29(25(32)23(20)31)16-2-4-17(5-3-16)37(27,33)34/h2-12,21,31H,1H3,(H2,27,33,34). The van der Waals surface area contributed by atoms with E-state index in [4.69, 9.17) is 25.9 Å². The van der Waals surface area contributed by atoms with Crippen LogP contribution in [0.5, 0.6) is 5.75 Å². The molecular formula is C25H18ClN3O7S. The Morgan fingerprint density at radius 2 is 1.81 bits per heavy atom. The summed E-state index contributed by atoms with van der Waals surface area (Å²) in [5.41, 5.74) is 0.751. The van der Waals surface area contributed by atoms with Crippen molar-refractivity contribution in [2.75, 3.05) is 12.0 Å². The zero-order chi connectivity index (χ0) is 26.5. The number of furan rings is 1. The van der Waals surface area contributed by atoms with Gasteiger partial charge in [0.2, 0.25) is 15.8 Å². The lowest BCUT2D eigenvalue weighted by Crippen LogP contribution is -2.31. The zero-order valence-corrected chi connectivity index (χ0v) is 20.7. The van der Waals surface area contributed by atoms with Crippen LogP contribution in [0.2, 0.25) is 5.02 Å². The lowest BCUT2D eigenvalue weighted by molar-refractivity contribution is -0.117. The van der Waals surface area contributed by atoms with E-state index >= 15 is 0 Å². The van der Waals surface area contributed by atoms with Gasteiger partial charge in [-0.1, -0.05) is 11.6 Å². The molecule has 5 rings (SSSR count). The van der Waals surface area contributed by atoms with Crippen molar-refractivity contribution in [3.8, 4) is 5.75 Å². The van der Waals surface area contributed by atoms with Gasteiger partial charge in [-0.15, -0.1) is 0 Å². The van der Waals surface area contributed by atoms with Crippen LogP contribution >= 0.6 is 11.6 Å². The van der Waals surface area contributed by atoms with Crippen molar-refractivity contribution in [3.63, 3.8) is 0 Å². The first-order chi connectivity index (χ1) is 17.6. The summed E-state index contributed by atoms with van der Waals surface area (Å²) in [4.78, 5) is 32.0. The fourth-order valence-electron chi connectivity index (χ4n) is 4.24. The van der Waals surface area contributed by atoms with E-state index in [1.54, 1.807) is 18.2 Å². The number of ether oxygens (including phenoxy) is 1. The Bertz CT molecular complexity index is 1700. The molecule has 2 aromatic heterocycles. The Morgan fingerprint density at radius 3 is 2.43 bits per heavy atom. The highest BCUT2D eigenvalue weighted by molar-refractivity contribution is 7.89. The van der Waals surface area contributed by atoms with Crippen LogP contribution in [0.25, 0.3) is 11.0 Å². The second kappa shape index (κ2) is 9.04. The lowest BCUT2D eigenvalue weighted by atomic mass is 9.95. The minimum Gasteiger partial charge on any atom is -0.503 e. The summed E-state index contributed by atoms with van der Waals surface area (Å²) in [6.45, 7) is 0. The van der Waals surface area contributed by atoms with Crippen LogP contribution in [0.3, 0.4) is 0 Å². The minimum atomic E-state index is -3.97. The number of Topliss-reactive ketones (excluding diaryl/α,β-unsaturated/α-hetero) is 1. The van der Waals surface area contributed by atoms with E-state index < -0.39 is 33.5 Å². The van der Waals surface area contributed by atoms with Crippen molar-refractivity contribution in [2.24, 2.45) is 5.14 Å². The molecule has 1 aliphatic rings. The predicted molar refractivity (Wildman–Crippen MR) is 134 cm³/mol. The monoisotopic (exact) mass is 539 g/mol. The second-order valence-electron chi connectivity index (χ2n) is 8.13. The number of benzene rings is 2. The van der Waals surface area contributed by atoms with Crippen molar-refractivity contribution >= 4 is 50.0 Å². The Morgan fingerprint density at radius 1 is 1.14 bits per heavy atom. The molecule has 1 amide bonds. The summed E-state index contributed by atoms with van der Waals surface area (Å²) < 4.78 is 34.4. The van der Waals surface area contributed by atoms with E-state index in [0.29, 0.717) is 21.7 Å². The van der Waals surface area contributed by atoms with E-state index in [2.05, 4.69) is 4.98 Å². The normalized spacial score (nSPS) is 16.0. The summed E-state index contributed by atoms with van der Waals surface area (Å²) >= 11 is 6.13. The molecule has 3 heterocycles. The number of hydrogen-bond acceptors (Lipinski definition) is 8. The minimum absolute atomic E-state index is 0.143. The Balaban J connectivity index is 1.64. The molecule has 1 unspecified atom stereocenters. The lowest BCUT2D eigenvalue weighted by Gasteiger charge is -2.26. The van der Waals surface area contributed by atoms with Gasteiger partial charge in [0.15, 0.2) is 22.9 Å². The van der Waals surface area contributed by atoms with Crippen LogP contribution < -0.4 is 14.8 Å². The van der Waals surface area contributed by atoms with E-state index in [1.165, 1.54) is 60.8 Å². The number of methoxy groups -OCH3 is 1. The average molecular weight is 540 g/mol. The van der Waals surface area contributed by atoms with Gasteiger partial charge in [-0.05, 0) is 54.1 Å². The quantitative estimate of drug-likeness (QED) is 0.349. The molecule has 0 fully saturated rings. The number of aliphatic hydroxyl groups is 1. The highest BCUT2D eigenvalue weighted by Crippen LogP contribution is 2.43. The maximum Gasteiger partial charge on any atom is 0.294 e. The fraction of sp³-hybridized carbons (Fsp3) is 0.0800. The van der Waals surface area contributed by atoms with E-state index in [-0.39, 0.29) is 27.5 Å². The van der Waals surface area contributed by atoms with Gasteiger partial charge in [-0.25, -0.2) is 13.6 Å². The van der Waals surface area contributed by atoms with Gasteiger partial charge in [0.05, 0.1) is 23.6 Å². The molecule has 37 heavy (non-hydrogen) atoms. The average Bonchev–Trinajstić information content (AvgIpc) is 3.42. The number of nitrogens with zero attached hydrogens (tertiary/aromatic N) is 2. The molecule has 1 atom stereocenters. The highest BCUT2D eigenvalue weighted by atomic mass is 35.5. The summed E-state index contributed by atoms with van der Waals surface area (Å²) in [6, 6.07) is 11.9. The number of ketones is 1. The van der Waals surface area contributed by atoms with E-state index in [9.17, 15) is 23.1 Å². The number of rotatable bonds is 6. The number of carbonyl (C=O) groups is 2. The molecule has 0 aliphatic carbocycles. The molecular weight excluding hydrogens is 522 g/mol. The second-order valence-corrected chi connectivity index (χ2v) is 10.1. The number of aromatic nitrogens is 1. The number of primary sulfonamides is 1. The van der Waals surface area contributed by atoms with E-state index in [0.717, 1.165) is 0 Å². The predicted octanol–water partition coefficient (Wildman–Crippen LogP) is 3.92. The Labute approximate surface area is 215 Å². The van der Waals surface area contributed by atoms with Gasteiger partial charge < -0.3 is 14.3 Å². The number of fused-ring (bicyclic) bond motifs is 1. The van der Waals surface area contributed by atoms with Gasteiger partial charge in [0.25, 0.3) is 5.91 Å². The van der Waals surface area contributed by atoms with Crippen molar-refractivity contribution in [2.45, 2.75) is 10.9 Å². The van der Waals surface area contributed by atoms with Crippen LogP contribution in [0.1, 0.15) is 22.2 Å². The molecule has 10 nitrogen and oxygen atoms in total. The first-order valence-corrected chi connectivity index (χ1v) is 12.6. The molecule has 1 aliphatic heterocycles. The maximum absolute atomic E-state index is 13.7. The molecule has 12 heteroatoms. The molecule has 4 aromatic rings. The fourth-order valence-corrected chi connectivity index (χ4v) is 4.98. The van der Waals surface area contributed by atoms with Crippen molar-refractivity contribution in [1.29, 1.82) is 0 Å². The molecule has 3 N–H and O–H groups in total. The molecule has 0 spiro atoms. The van der Waals surface area contributed by atoms with Crippen LogP contribution in [-0.4, -0.2) is 37.3 Å². The summed E-state index contributed by atoms with van der Waals surface area (Å²) in [5.74, 6) is -2.19. The first kappa shape index (κ1) is 24.5. The van der Waals surface area contributed by atoms with Crippen LogP contribution in [0.15, 0.2) is 87.6 Å². The third-order valence-electron chi connectivity index (χ3n) is 5.91. The van der Waals surface area contributed by atoms with Crippen LogP contribution in [0, 0.1) is 0 Å². The number of sulfonamides is 1. The third kappa shape index (κ3) is 4.22. The first-order valence-electron chi connectivity index (χ1n) is 10.7. The third-order valence-corrected chi connectivity index (χ3v) is 7.06. The molecule has 188 valence electrons. The number of halogens is 1. The SMILES string of the molecule is COc1cc(Cl)cc2cc(C(=O)C3=C(O)C(=O)N(c4ccc(S(N)(=O)=O)cc4)C3c3ccncc3)oc12. The van der Waals surface area contributed by atoms with E-state index in [1.807, 2.05) is 0 Å². The largest absolute Gasteiger partial charge is 0.503 e. The van der Waals surface area contributed by atoms with Crippen LogP contribution in [0.4, 0.5) is 5.69 Å². The molecule has 0 saturated carbocycles. The van der Waals surface area contributed by atoms with Crippen molar-refractivity contribution < 1.29 is 32.3 Å². The van der Waals surface area contributed by atoms with Crippen LogP contribution in [-0.2, 0) is 14.8 Å². The van der Waals surface area contributed by atoms with Gasteiger partial charge in [-0.3, -0.25) is 19.5 Å². The molecule has 0 saturated heterocycles. The summed E-state index contributed by atoms with van der Waals surface area (Å²) in [5, 5.41) is 16.9. The highest BCUT2D eigenvalue weighted by Gasteiger charge is 2.45. The van der Waals surface area contributed by atoms with Gasteiger partial charge in [0, 0.05) is 34.6 Å². The summed E-state index contributed by atoms with van der Waals surface area (Å²) in [6.07, 6.45) is 2.96. The Kier molecular flexibility index (Phi) is 5.98. The number of amides is 1. The van der Waals surface area contributed by atoms with Gasteiger partial charge >= 0.3 is 0 Å². The number of hydrogen-bond donors (Lipinski definition) is 2. The molecule has 0 bridgehead atoms. The molecule has 2 aromatic carbocycles. The van der Waals surface area contributed by atoms with Crippen molar-refractivity contribution in [1.82, 2.24) is 4.98 Å². The number of carbonyl (C=O) groups excluding carboxylic acids is 2. The number of pyridine rings is 1. The smallest absolute Gasteiger partial charge is 0.294 e. The number of nitrogens with two attached hydrogens (primary N) is 1. The molecule has 0 radical (unpaired) electrons. The number of aliphatic hydroxyl groups excluding tert-OH is 1. The Hall–Kier alpha value is -4.19. The topological polar surface area (TPSA) is 153 Å². The van der Waals surface area contributed by atoms with Gasteiger partial charge in [0.1, 0.15) is 0 Å². The maximum atomic E-state index is 13.7. The zero-order valence-electron chi connectivity index (χ0n) is 19.1. The summed E-state index contributed by atoms with van der Waals surface area (Å²) in [7, 11) is -2.54. The number of anilines is 1. The van der Waals surface area contributed by atoms with Gasteiger partial charge in [-0.2, -0.15) is 0 Å². The van der Waals surface area contributed by atoms with Crippen molar-refractivity contribution in [3.05, 3.63) is 94.7 Å².